The summed E-state index contributed by atoms with van der Waals surface area (Å²) in [6.07, 6.45) is 0.841. The van der Waals surface area contributed by atoms with Crippen LogP contribution in [0.3, 0.4) is 0 Å². The molecular weight excluding hydrogens is 240 g/mol. The van der Waals surface area contributed by atoms with Crippen molar-refractivity contribution in [1.82, 2.24) is 4.90 Å². The Labute approximate surface area is 103 Å². The van der Waals surface area contributed by atoms with Crippen molar-refractivity contribution in [3.8, 4) is 0 Å². The summed E-state index contributed by atoms with van der Waals surface area (Å²) in [5.41, 5.74) is 5.89. The van der Waals surface area contributed by atoms with Crippen molar-refractivity contribution in [2.45, 2.75) is 39.3 Å². The van der Waals surface area contributed by atoms with E-state index in [1.54, 1.807) is 11.8 Å². The monoisotopic (exact) mass is 262 g/mol. The lowest BCUT2D eigenvalue weighted by molar-refractivity contribution is -0.135. The zero-order chi connectivity index (χ0) is 13.2. The lowest BCUT2D eigenvalue weighted by Gasteiger charge is -2.35. The van der Waals surface area contributed by atoms with E-state index in [1.807, 2.05) is 13.8 Å². The lowest BCUT2D eigenvalue weighted by Crippen LogP contribution is -2.56. The maximum Gasteiger partial charge on any atom is 0.240 e. The molecule has 3 unspecified atom stereocenters. The van der Waals surface area contributed by atoms with E-state index in [1.165, 1.54) is 0 Å². The molecule has 17 heavy (non-hydrogen) atoms. The van der Waals surface area contributed by atoms with E-state index in [4.69, 9.17) is 5.73 Å². The maximum absolute atomic E-state index is 12.1. The van der Waals surface area contributed by atoms with E-state index in [0.29, 0.717) is 0 Å². The number of amides is 1. The van der Waals surface area contributed by atoms with Crippen LogP contribution in [0.5, 0.6) is 0 Å². The van der Waals surface area contributed by atoms with E-state index in [-0.39, 0.29) is 35.9 Å². The average molecular weight is 262 g/mol. The molecule has 100 valence electrons. The van der Waals surface area contributed by atoms with Gasteiger partial charge in [0.25, 0.3) is 0 Å². The number of nitrogens with zero attached hydrogens (tertiary/aromatic N) is 1. The van der Waals surface area contributed by atoms with Gasteiger partial charge in [-0.1, -0.05) is 20.3 Å². The molecule has 0 radical (unpaired) electrons. The second-order valence-corrected chi connectivity index (χ2v) is 7.14. The topological polar surface area (TPSA) is 80.5 Å². The highest BCUT2D eigenvalue weighted by Crippen LogP contribution is 2.15. The molecule has 1 amide bonds. The quantitative estimate of drug-likeness (QED) is 0.776. The first-order valence-corrected chi connectivity index (χ1v) is 7.87. The second-order valence-electron chi connectivity index (χ2n) is 4.91. The van der Waals surface area contributed by atoms with Crippen LogP contribution in [0.1, 0.15) is 27.2 Å². The van der Waals surface area contributed by atoms with Crippen LogP contribution in [0.4, 0.5) is 0 Å². The minimum Gasteiger partial charge on any atom is -0.337 e. The van der Waals surface area contributed by atoms with Gasteiger partial charge in [0.05, 0.1) is 17.5 Å². The molecule has 0 saturated carbocycles. The summed E-state index contributed by atoms with van der Waals surface area (Å²) in [5.74, 6) is 0.0948. The molecule has 0 aliphatic carbocycles. The molecule has 0 aromatic heterocycles. The number of hydrogen-bond donors (Lipinski definition) is 1. The summed E-state index contributed by atoms with van der Waals surface area (Å²) >= 11 is 0. The van der Waals surface area contributed by atoms with Crippen molar-refractivity contribution < 1.29 is 13.2 Å². The zero-order valence-electron chi connectivity index (χ0n) is 10.7. The smallest absolute Gasteiger partial charge is 0.240 e. The fraction of sp³-hybridized carbons (Fsp3) is 0.909. The van der Waals surface area contributed by atoms with E-state index in [0.717, 1.165) is 6.42 Å². The van der Waals surface area contributed by atoms with Crippen LogP contribution < -0.4 is 5.73 Å². The van der Waals surface area contributed by atoms with E-state index in [2.05, 4.69) is 0 Å². The third-order valence-corrected chi connectivity index (χ3v) is 5.29. The Kier molecular flexibility index (Phi) is 4.55. The number of hydrogen-bond acceptors (Lipinski definition) is 4. The predicted octanol–water partition coefficient (Wildman–Crippen LogP) is 0.00530. The summed E-state index contributed by atoms with van der Waals surface area (Å²) in [6.45, 7) is 5.96. The third kappa shape index (κ3) is 3.42. The summed E-state index contributed by atoms with van der Waals surface area (Å²) in [6, 6.07) is -0.792. The average Bonchev–Trinajstić information content (AvgIpc) is 2.25. The number of sulfone groups is 1. The molecule has 2 N–H and O–H groups in total. The van der Waals surface area contributed by atoms with E-state index in [9.17, 15) is 13.2 Å². The molecule has 1 saturated heterocycles. The minimum atomic E-state index is -2.98. The van der Waals surface area contributed by atoms with Crippen LogP contribution in [-0.4, -0.2) is 49.4 Å². The fourth-order valence-electron chi connectivity index (χ4n) is 2.01. The predicted molar refractivity (Wildman–Crippen MR) is 67.3 cm³/mol. The van der Waals surface area contributed by atoms with Crippen LogP contribution in [0.15, 0.2) is 0 Å². The molecule has 0 aromatic carbocycles. The highest BCUT2D eigenvalue weighted by Gasteiger charge is 2.34. The van der Waals surface area contributed by atoms with Gasteiger partial charge in [-0.15, -0.1) is 0 Å². The Morgan fingerprint density at radius 2 is 2.12 bits per heavy atom. The van der Waals surface area contributed by atoms with Gasteiger partial charge in [-0.3, -0.25) is 4.79 Å². The molecule has 6 heteroatoms. The molecule has 1 fully saturated rings. The van der Waals surface area contributed by atoms with Crippen molar-refractivity contribution in [3.63, 3.8) is 0 Å². The Balaban J connectivity index is 2.71. The molecule has 0 bridgehead atoms. The van der Waals surface area contributed by atoms with Gasteiger partial charge in [0.15, 0.2) is 9.84 Å². The minimum absolute atomic E-state index is 0.0476. The first-order chi connectivity index (χ1) is 7.78. The summed E-state index contributed by atoms with van der Waals surface area (Å²) < 4.78 is 22.8. The normalized spacial score (nSPS) is 27.5. The largest absolute Gasteiger partial charge is 0.337 e. The van der Waals surface area contributed by atoms with Gasteiger partial charge in [-0.2, -0.15) is 0 Å². The molecule has 3 atom stereocenters. The summed E-state index contributed by atoms with van der Waals surface area (Å²) in [4.78, 5) is 13.7. The van der Waals surface area contributed by atoms with Crippen LogP contribution in [0.25, 0.3) is 0 Å². The Morgan fingerprint density at radius 3 is 2.59 bits per heavy atom. The number of rotatable bonds is 3. The molecule has 5 nitrogen and oxygen atoms in total. The molecular formula is C11H22N2O3S. The first kappa shape index (κ1) is 14.4. The van der Waals surface area contributed by atoms with Crippen molar-refractivity contribution in [2.24, 2.45) is 11.7 Å². The number of nitrogens with two attached hydrogens (primary N) is 1. The van der Waals surface area contributed by atoms with Crippen molar-refractivity contribution in [3.05, 3.63) is 0 Å². The summed E-state index contributed by atoms with van der Waals surface area (Å²) in [5, 5.41) is 0. The highest BCUT2D eigenvalue weighted by molar-refractivity contribution is 7.91. The van der Waals surface area contributed by atoms with Gasteiger partial charge >= 0.3 is 0 Å². The van der Waals surface area contributed by atoms with Gasteiger partial charge < -0.3 is 10.6 Å². The lowest BCUT2D eigenvalue weighted by atomic mass is 9.98. The van der Waals surface area contributed by atoms with Crippen molar-refractivity contribution in [1.29, 1.82) is 0 Å². The molecule has 1 aliphatic heterocycles. The standard InChI is InChI=1S/C11H22N2O3S/c1-4-8(2)10(12)11(14)13-5-6-17(15,16)7-9(13)3/h8-10H,4-7,12H2,1-3H3. The number of carbonyl (C=O) groups excluding carboxylic acids is 1. The number of carbonyl (C=O) groups is 1. The second kappa shape index (κ2) is 5.35. The van der Waals surface area contributed by atoms with Crippen molar-refractivity contribution in [2.75, 3.05) is 18.1 Å². The van der Waals surface area contributed by atoms with Crippen LogP contribution in [-0.2, 0) is 14.6 Å². The van der Waals surface area contributed by atoms with Gasteiger partial charge in [0, 0.05) is 12.6 Å². The Hall–Kier alpha value is -0.620. The molecule has 1 rings (SSSR count). The van der Waals surface area contributed by atoms with Gasteiger partial charge in [0.1, 0.15) is 0 Å². The SMILES string of the molecule is CCC(C)C(N)C(=O)N1CCS(=O)(=O)CC1C. The molecule has 1 aliphatic rings. The first-order valence-electron chi connectivity index (χ1n) is 6.05. The van der Waals surface area contributed by atoms with Crippen molar-refractivity contribution >= 4 is 15.7 Å². The zero-order valence-corrected chi connectivity index (χ0v) is 11.5. The van der Waals surface area contributed by atoms with Crippen LogP contribution in [0.2, 0.25) is 0 Å². The molecule has 1 heterocycles. The summed E-state index contributed by atoms with van der Waals surface area (Å²) in [7, 11) is -2.98. The maximum atomic E-state index is 12.1. The highest BCUT2D eigenvalue weighted by atomic mass is 32.2. The third-order valence-electron chi connectivity index (χ3n) is 3.50. The molecule has 0 aromatic rings. The van der Waals surface area contributed by atoms with Gasteiger partial charge in [0.2, 0.25) is 5.91 Å². The van der Waals surface area contributed by atoms with Crippen LogP contribution >= 0.6 is 0 Å². The molecule has 0 spiro atoms. The van der Waals surface area contributed by atoms with Crippen LogP contribution in [0, 0.1) is 5.92 Å². The van der Waals surface area contributed by atoms with Gasteiger partial charge in [-0.25, -0.2) is 8.42 Å². The fourth-order valence-corrected chi connectivity index (χ4v) is 3.57. The van der Waals surface area contributed by atoms with E-state index >= 15 is 0 Å². The Morgan fingerprint density at radius 1 is 1.53 bits per heavy atom. The van der Waals surface area contributed by atoms with Gasteiger partial charge in [-0.05, 0) is 12.8 Å². The Bertz CT molecular complexity index is 380. The van der Waals surface area contributed by atoms with E-state index < -0.39 is 15.9 Å².